The maximum Gasteiger partial charge on any atom is 0.229 e. The number of benzene rings is 2. The fourth-order valence-electron chi connectivity index (χ4n) is 4.12. The average Bonchev–Trinajstić information content (AvgIpc) is 3.31. The number of anilines is 2. The summed E-state index contributed by atoms with van der Waals surface area (Å²) < 4.78 is 7.82. The van der Waals surface area contributed by atoms with Gasteiger partial charge in [0.25, 0.3) is 0 Å². The Kier molecular flexibility index (Phi) is 6.04. The number of amides is 2. The van der Waals surface area contributed by atoms with Crippen LogP contribution in [-0.2, 0) is 9.59 Å². The van der Waals surface area contributed by atoms with Crippen molar-refractivity contribution < 1.29 is 14.3 Å². The lowest BCUT2D eigenvalue weighted by atomic mass is 10.1. The average molecular weight is 432 g/mol. The third-order valence-corrected chi connectivity index (χ3v) is 5.68. The van der Waals surface area contributed by atoms with Crippen LogP contribution in [0.15, 0.2) is 60.7 Å². The molecule has 6 nitrogen and oxygen atoms in total. The van der Waals surface area contributed by atoms with Gasteiger partial charge in [-0.2, -0.15) is 0 Å². The van der Waals surface area contributed by atoms with Crippen molar-refractivity contribution in [1.29, 1.82) is 0 Å². The van der Waals surface area contributed by atoms with E-state index in [0.29, 0.717) is 6.54 Å². The van der Waals surface area contributed by atoms with Gasteiger partial charge in [0.2, 0.25) is 11.8 Å². The standard InChI is InChI=1S/C26H29N3O3/c1-17(2)32-24-13-11-22(12-14-24)28-16-20(15-25(28)30)26(31)27-21-7-9-23(10-8-21)29-18(3)5-6-19(29)4/h5-14,17,20H,15-16H2,1-4H3,(H,27,31)/t20-/m0/s1. The van der Waals surface area contributed by atoms with E-state index in [1.807, 2.05) is 62.4 Å². The van der Waals surface area contributed by atoms with Crippen molar-refractivity contribution in [2.75, 3.05) is 16.8 Å². The van der Waals surface area contributed by atoms with E-state index in [1.165, 1.54) is 0 Å². The number of rotatable bonds is 6. The third kappa shape index (κ3) is 4.54. The van der Waals surface area contributed by atoms with Gasteiger partial charge in [0.1, 0.15) is 5.75 Å². The number of ether oxygens (including phenoxy) is 1. The molecule has 166 valence electrons. The van der Waals surface area contributed by atoms with Gasteiger partial charge in [-0.3, -0.25) is 9.59 Å². The molecule has 1 aliphatic heterocycles. The van der Waals surface area contributed by atoms with E-state index < -0.39 is 0 Å². The maximum absolute atomic E-state index is 12.8. The second kappa shape index (κ2) is 8.91. The van der Waals surface area contributed by atoms with Crippen molar-refractivity contribution in [2.45, 2.75) is 40.2 Å². The lowest BCUT2D eigenvalue weighted by molar-refractivity contribution is -0.122. The zero-order valence-electron chi connectivity index (χ0n) is 19.0. The van der Waals surface area contributed by atoms with E-state index in [0.717, 1.165) is 34.2 Å². The highest BCUT2D eigenvalue weighted by Crippen LogP contribution is 2.28. The Labute approximate surface area is 188 Å². The molecule has 3 aromatic rings. The Balaban J connectivity index is 1.39. The van der Waals surface area contributed by atoms with Gasteiger partial charge in [-0.05, 0) is 88.4 Å². The molecule has 0 bridgehead atoms. The highest BCUT2D eigenvalue weighted by Gasteiger charge is 2.35. The van der Waals surface area contributed by atoms with Crippen molar-refractivity contribution in [2.24, 2.45) is 5.92 Å². The van der Waals surface area contributed by atoms with Gasteiger partial charge in [0, 0.05) is 41.4 Å². The highest BCUT2D eigenvalue weighted by molar-refractivity contribution is 6.03. The van der Waals surface area contributed by atoms with Crippen molar-refractivity contribution in [3.63, 3.8) is 0 Å². The first-order valence-electron chi connectivity index (χ1n) is 10.9. The molecule has 1 N–H and O–H groups in total. The SMILES string of the molecule is Cc1ccc(C)n1-c1ccc(NC(=O)[C@H]2CC(=O)N(c3ccc(OC(C)C)cc3)C2)cc1. The van der Waals surface area contributed by atoms with Gasteiger partial charge in [0.05, 0.1) is 12.0 Å². The van der Waals surface area contributed by atoms with E-state index in [1.54, 1.807) is 4.90 Å². The van der Waals surface area contributed by atoms with Crippen LogP contribution in [0.2, 0.25) is 0 Å². The molecule has 1 atom stereocenters. The van der Waals surface area contributed by atoms with E-state index in [4.69, 9.17) is 4.74 Å². The van der Waals surface area contributed by atoms with Gasteiger partial charge in [0.15, 0.2) is 0 Å². The summed E-state index contributed by atoms with van der Waals surface area (Å²) in [5, 5.41) is 2.96. The molecule has 0 unspecified atom stereocenters. The maximum atomic E-state index is 12.8. The molecule has 1 saturated heterocycles. The third-order valence-electron chi connectivity index (χ3n) is 5.68. The summed E-state index contributed by atoms with van der Waals surface area (Å²) in [6.45, 7) is 8.44. The van der Waals surface area contributed by atoms with Crippen molar-refractivity contribution in [3.05, 3.63) is 72.1 Å². The van der Waals surface area contributed by atoms with Gasteiger partial charge in [-0.15, -0.1) is 0 Å². The molecule has 1 fully saturated rings. The largest absolute Gasteiger partial charge is 0.491 e. The first-order chi connectivity index (χ1) is 15.3. The van der Waals surface area contributed by atoms with Gasteiger partial charge < -0.3 is 19.5 Å². The van der Waals surface area contributed by atoms with E-state index in [9.17, 15) is 9.59 Å². The van der Waals surface area contributed by atoms with Crippen LogP contribution in [0.5, 0.6) is 5.75 Å². The molecular weight excluding hydrogens is 402 g/mol. The van der Waals surface area contributed by atoms with Crippen molar-refractivity contribution in [1.82, 2.24) is 4.57 Å². The summed E-state index contributed by atoms with van der Waals surface area (Å²) in [7, 11) is 0. The summed E-state index contributed by atoms with van der Waals surface area (Å²) in [6.07, 6.45) is 0.295. The quantitative estimate of drug-likeness (QED) is 0.605. The van der Waals surface area contributed by atoms with E-state index in [2.05, 4.69) is 35.9 Å². The van der Waals surface area contributed by atoms with Gasteiger partial charge in [-0.25, -0.2) is 0 Å². The minimum Gasteiger partial charge on any atom is -0.491 e. The number of carbonyl (C=O) groups is 2. The first kappa shape index (κ1) is 21.7. The second-order valence-corrected chi connectivity index (χ2v) is 8.55. The van der Waals surface area contributed by atoms with Gasteiger partial charge >= 0.3 is 0 Å². The minimum absolute atomic E-state index is 0.0448. The molecule has 4 rings (SSSR count). The number of hydrogen-bond acceptors (Lipinski definition) is 3. The summed E-state index contributed by atoms with van der Waals surface area (Å²) in [4.78, 5) is 27.0. The Morgan fingerprint density at radius 2 is 1.53 bits per heavy atom. The first-order valence-corrected chi connectivity index (χ1v) is 10.9. The van der Waals surface area contributed by atoms with Crippen LogP contribution in [-0.4, -0.2) is 29.0 Å². The number of aryl methyl sites for hydroxylation is 2. The fourth-order valence-corrected chi connectivity index (χ4v) is 4.12. The van der Waals surface area contributed by atoms with Crippen LogP contribution < -0.4 is 15.0 Å². The van der Waals surface area contributed by atoms with E-state index in [-0.39, 0.29) is 30.3 Å². The Bertz CT molecular complexity index is 1090. The van der Waals surface area contributed by atoms with Crippen LogP contribution in [0.25, 0.3) is 5.69 Å². The summed E-state index contributed by atoms with van der Waals surface area (Å²) in [6, 6.07) is 19.4. The summed E-state index contributed by atoms with van der Waals surface area (Å²) >= 11 is 0. The zero-order chi connectivity index (χ0) is 22.8. The fraction of sp³-hybridized carbons (Fsp3) is 0.308. The molecule has 2 aromatic carbocycles. The highest BCUT2D eigenvalue weighted by atomic mass is 16.5. The number of hydrogen-bond donors (Lipinski definition) is 1. The molecule has 1 aliphatic rings. The lowest BCUT2D eigenvalue weighted by Crippen LogP contribution is -2.28. The van der Waals surface area contributed by atoms with Crippen LogP contribution in [0, 0.1) is 19.8 Å². The molecular formula is C26H29N3O3. The predicted octanol–water partition coefficient (Wildman–Crippen LogP) is 4.87. The Hall–Kier alpha value is -3.54. The molecule has 6 heteroatoms. The number of nitrogens with zero attached hydrogens (tertiary/aromatic N) is 2. The van der Waals surface area contributed by atoms with Gasteiger partial charge in [-0.1, -0.05) is 0 Å². The molecule has 0 saturated carbocycles. The lowest BCUT2D eigenvalue weighted by Gasteiger charge is -2.18. The molecule has 0 aliphatic carbocycles. The normalized spacial score (nSPS) is 16.0. The number of nitrogens with one attached hydrogen (secondary N) is 1. The smallest absolute Gasteiger partial charge is 0.229 e. The summed E-state index contributed by atoms with van der Waals surface area (Å²) in [5.74, 6) is 0.194. The minimum atomic E-state index is -0.386. The molecule has 2 amide bonds. The van der Waals surface area contributed by atoms with Crippen LogP contribution in [0.3, 0.4) is 0 Å². The van der Waals surface area contributed by atoms with Crippen LogP contribution >= 0.6 is 0 Å². The van der Waals surface area contributed by atoms with Crippen LogP contribution in [0.1, 0.15) is 31.7 Å². The van der Waals surface area contributed by atoms with Crippen molar-refractivity contribution in [3.8, 4) is 11.4 Å². The number of aromatic nitrogens is 1. The Morgan fingerprint density at radius 3 is 2.12 bits per heavy atom. The monoisotopic (exact) mass is 431 g/mol. The van der Waals surface area contributed by atoms with Crippen LogP contribution in [0.4, 0.5) is 11.4 Å². The summed E-state index contributed by atoms with van der Waals surface area (Å²) in [5.41, 5.74) is 4.88. The predicted molar refractivity (Wildman–Crippen MR) is 127 cm³/mol. The Morgan fingerprint density at radius 1 is 0.938 bits per heavy atom. The molecule has 1 aromatic heterocycles. The molecule has 32 heavy (non-hydrogen) atoms. The van der Waals surface area contributed by atoms with Crippen molar-refractivity contribution >= 4 is 23.2 Å². The molecule has 2 heterocycles. The topological polar surface area (TPSA) is 63.6 Å². The molecule has 0 spiro atoms. The number of carbonyl (C=O) groups excluding carboxylic acids is 2. The second-order valence-electron chi connectivity index (χ2n) is 8.55. The van der Waals surface area contributed by atoms with E-state index >= 15 is 0 Å². The zero-order valence-corrected chi connectivity index (χ0v) is 19.0. The molecule has 0 radical (unpaired) electrons.